The largest absolute Gasteiger partial charge is 0.480 e. The van der Waals surface area contributed by atoms with Gasteiger partial charge in [-0.2, -0.15) is 0 Å². The van der Waals surface area contributed by atoms with E-state index in [0.717, 1.165) is 16.7 Å². The summed E-state index contributed by atoms with van der Waals surface area (Å²) in [5.74, 6) is -1.54. The number of allylic oxidation sites excluding steroid dienone is 2. The molecule has 5 nitrogen and oxygen atoms in total. The van der Waals surface area contributed by atoms with E-state index in [0.29, 0.717) is 0 Å². The highest BCUT2D eigenvalue weighted by Gasteiger charge is 2.44. The lowest BCUT2D eigenvalue weighted by Crippen LogP contribution is -2.42. The van der Waals surface area contributed by atoms with Gasteiger partial charge in [-0.3, -0.25) is 4.79 Å². The van der Waals surface area contributed by atoms with Crippen molar-refractivity contribution in [3.05, 3.63) is 64.1 Å². The molecule has 0 saturated heterocycles. The molecule has 0 spiro atoms. The van der Waals surface area contributed by atoms with Crippen molar-refractivity contribution in [2.45, 2.75) is 19.4 Å². The third-order valence-corrected chi connectivity index (χ3v) is 3.88. The molecule has 1 aromatic carbocycles. The number of carboxylic acids is 1. The van der Waals surface area contributed by atoms with Gasteiger partial charge in [0.2, 0.25) is 0 Å². The van der Waals surface area contributed by atoms with Gasteiger partial charge in [0, 0.05) is 10.8 Å². The Labute approximate surface area is 116 Å². The van der Waals surface area contributed by atoms with Gasteiger partial charge < -0.3 is 5.11 Å². The molecule has 1 N–H and O–H groups in total. The van der Waals surface area contributed by atoms with Crippen LogP contribution in [0.4, 0.5) is 0 Å². The van der Waals surface area contributed by atoms with Gasteiger partial charge in [-0.15, -0.1) is 0 Å². The lowest BCUT2D eigenvalue weighted by atomic mass is 9.74. The summed E-state index contributed by atoms with van der Waals surface area (Å²) in [6.45, 7) is 3.64. The second-order valence-electron chi connectivity index (χ2n) is 4.84. The molecule has 1 aliphatic carbocycles. The summed E-state index contributed by atoms with van der Waals surface area (Å²) in [4.78, 5) is 14.2. The Morgan fingerprint density at radius 2 is 2.05 bits per heavy atom. The number of azide groups is 1. The van der Waals surface area contributed by atoms with E-state index < -0.39 is 17.4 Å². The van der Waals surface area contributed by atoms with E-state index >= 15 is 0 Å². The summed E-state index contributed by atoms with van der Waals surface area (Å²) in [6, 6.07) is 9.73. The molecule has 0 radical (unpaired) electrons. The molecule has 0 aromatic heterocycles. The molecule has 2 unspecified atom stereocenters. The summed E-state index contributed by atoms with van der Waals surface area (Å²) in [5, 5.41) is 13.0. The van der Waals surface area contributed by atoms with E-state index in [-0.39, 0.29) is 0 Å². The van der Waals surface area contributed by atoms with Gasteiger partial charge in [0.1, 0.15) is 0 Å². The Balaban J connectivity index is 2.54. The zero-order chi connectivity index (χ0) is 14.8. The second-order valence-corrected chi connectivity index (χ2v) is 4.84. The van der Waals surface area contributed by atoms with Crippen LogP contribution in [-0.4, -0.2) is 16.6 Å². The average molecular weight is 269 g/mol. The fraction of sp³-hybridized carbons (Fsp3) is 0.267. The molecule has 0 heterocycles. The SMILES string of the molecule is CC1=C(c2ccccc2)C=CC(N=[N+]=[N-])(C(=O)O)C1C. The number of hydrogen-bond acceptors (Lipinski definition) is 2. The summed E-state index contributed by atoms with van der Waals surface area (Å²) in [7, 11) is 0. The minimum atomic E-state index is -1.54. The summed E-state index contributed by atoms with van der Waals surface area (Å²) >= 11 is 0. The minimum Gasteiger partial charge on any atom is -0.480 e. The number of hydrogen-bond donors (Lipinski definition) is 1. The fourth-order valence-corrected chi connectivity index (χ4v) is 2.48. The number of rotatable bonds is 3. The average Bonchev–Trinajstić information content (AvgIpc) is 2.45. The summed E-state index contributed by atoms with van der Waals surface area (Å²) < 4.78 is 0. The van der Waals surface area contributed by atoms with Crippen molar-refractivity contribution in [2.75, 3.05) is 0 Å². The van der Waals surface area contributed by atoms with Crippen molar-refractivity contribution >= 4 is 11.5 Å². The van der Waals surface area contributed by atoms with Crippen LogP contribution in [-0.2, 0) is 4.79 Å². The number of carbonyl (C=O) groups is 1. The Bertz CT molecular complexity index is 638. The fourth-order valence-electron chi connectivity index (χ4n) is 2.48. The van der Waals surface area contributed by atoms with Crippen LogP contribution in [0.15, 0.2) is 53.2 Å². The van der Waals surface area contributed by atoms with Crippen molar-refractivity contribution < 1.29 is 9.90 Å². The van der Waals surface area contributed by atoms with Gasteiger partial charge in [0.05, 0.1) is 0 Å². The Hall–Kier alpha value is -2.52. The Kier molecular flexibility index (Phi) is 3.63. The van der Waals surface area contributed by atoms with Crippen molar-refractivity contribution in [1.29, 1.82) is 0 Å². The van der Waals surface area contributed by atoms with Crippen LogP contribution in [0, 0.1) is 5.92 Å². The molecule has 5 heteroatoms. The number of nitrogens with zero attached hydrogens (tertiary/aromatic N) is 3. The third kappa shape index (κ3) is 2.08. The van der Waals surface area contributed by atoms with Gasteiger partial charge in [-0.25, -0.2) is 0 Å². The Morgan fingerprint density at radius 3 is 2.60 bits per heavy atom. The van der Waals surface area contributed by atoms with Gasteiger partial charge in [-0.1, -0.05) is 60.1 Å². The maximum absolute atomic E-state index is 11.5. The Morgan fingerprint density at radius 1 is 1.40 bits per heavy atom. The molecule has 0 saturated carbocycles. The van der Waals surface area contributed by atoms with Crippen molar-refractivity contribution in [1.82, 2.24) is 0 Å². The lowest BCUT2D eigenvalue weighted by Gasteiger charge is -2.33. The predicted molar refractivity (Wildman–Crippen MR) is 76.9 cm³/mol. The zero-order valence-corrected chi connectivity index (χ0v) is 11.3. The molecular formula is C15H15N3O2. The van der Waals surface area contributed by atoms with E-state index in [1.807, 2.05) is 37.3 Å². The second kappa shape index (κ2) is 5.23. The summed E-state index contributed by atoms with van der Waals surface area (Å²) in [5.41, 5.74) is 10.0. The highest BCUT2D eigenvalue weighted by Crippen LogP contribution is 2.39. The van der Waals surface area contributed by atoms with Crippen LogP contribution in [0.2, 0.25) is 0 Å². The van der Waals surface area contributed by atoms with E-state index in [4.69, 9.17) is 5.53 Å². The van der Waals surface area contributed by atoms with Gasteiger partial charge in [-0.05, 0) is 23.6 Å². The number of benzene rings is 1. The quantitative estimate of drug-likeness (QED) is 0.514. The van der Waals surface area contributed by atoms with Crippen LogP contribution >= 0.6 is 0 Å². The topological polar surface area (TPSA) is 86.1 Å². The predicted octanol–water partition coefficient (Wildman–Crippen LogP) is 3.80. The molecule has 0 bridgehead atoms. The smallest absolute Gasteiger partial charge is 0.320 e. The molecule has 1 aromatic rings. The maximum Gasteiger partial charge on any atom is 0.320 e. The minimum absolute atomic E-state index is 0.406. The highest BCUT2D eigenvalue weighted by molar-refractivity contribution is 5.88. The van der Waals surface area contributed by atoms with E-state index in [9.17, 15) is 9.90 Å². The normalized spacial score (nSPS) is 25.2. The van der Waals surface area contributed by atoms with Crippen LogP contribution in [0.1, 0.15) is 19.4 Å². The standard InChI is InChI=1S/C15H15N3O2/c1-10-11(2)15(14(19)20,17-18-16)9-8-13(10)12-6-4-3-5-7-12/h3-9,11H,1-2H3,(H,19,20). The molecule has 20 heavy (non-hydrogen) atoms. The highest BCUT2D eigenvalue weighted by atomic mass is 16.4. The first-order valence-electron chi connectivity index (χ1n) is 6.28. The van der Waals surface area contributed by atoms with Gasteiger partial charge in [0.15, 0.2) is 5.54 Å². The first kappa shape index (κ1) is 13.9. The molecule has 0 fully saturated rings. The van der Waals surface area contributed by atoms with Crippen LogP contribution in [0.25, 0.3) is 16.0 Å². The third-order valence-electron chi connectivity index (χ3n) is 3.88. The van der Waals surface area contributed by atoms with E-state index in [2.05, 4.69) is 10.0 Å². The number of aliphatic carboxylic acids is 1. The summed E-state index contributed by atoms with van der Waals surface area (Å²) in [6.07, 6.45) is 3.21. The molecule has 0 aliphatic heterocycles. The first-order chi connectivity index (χ1) is 9.53. The molecule has 1 aliphatic rings. The van der Waals surface area contributed by atoms with Crippen molar-refractivity contribution in [3.8, 4) is 0 Å². The molecule has 102 valence electrons. The zero-order valence-electron chi connectivity index (χ0n) is 11.3. The van der Waals surface area contributed by atoms with Gasteiger partial charge in [0.25, 0.3) is 0 Å². The van der Waals surface area contributed by atoms with Crippen LogP contribution in [0.5, 0.6) is 0 Å². The van der Waals surface area contributed by atoms with Crippen LogP contribution < -0.4 is 0 Å². The van der Waals surface area contributed by atoms with Gasteiger partial charge >= 0.3 is 5.97 Å². The molecular weight excluding hydrogens is 254 g/mol. The van der Waals surface area contributed by atoms with E-state index in [1.54, 1.807) is 13.0 Å². The molecule has 2 rings (SSSR count). The molecule has 0 amide bonds. The maximum atomic E-state index is 11.5. The van der Waals surface area contributed by atoms with Crippen LogP contribution in [0.3, 0.4) is 0 Å². The van der Waals surface area contributed by atoms with Crippen molar-refractivity contribution in [3.63, 3.8) is 0 Å². The number of carboxylic acid groups (broad SMARTS) is 1. The molecule has 2 atom stereocenters. The van der Waals surface area contributed by atoms with Crippen molar-refractivity contribution in [2.24, 2.45) is 11.0 Å². The van der Waals surface area contributed by atoms with E-state index in [1.165, 1.54) is 6.08 Å². The lowest BCUT2D eigenvalue weighted by molar-refractivity contribution is -0.142. The first-order valence-corrected chi connectivity index (χ1v) is 6.28. The monoisotopic (exact) mass is 269 g/mol.